The van der Waals surface area contributed by atoms with Crippen LogP contribution in [0.2, 0.25) is 5.02 Å². The molecule has 11 heteroatoms. The molecular weight excluding hydrogens is 423 g/mol. The molecule has 0 radical (unpaired) electrons. The third kappa shape index (κ3) is 3.55. The molecule has 156 valence electrons. The lowest BCUT2D eigenvalue weighted by Gasteiger charge is -2.01. The van der Waals surface area contributed by atoms with Crippen molar-refractivity contribution in [2.45, 2.75) is 26.3 Å². The van der Waals surface area contributed by atoms with Crippen LogP contribution in [0.3, 0.4) is 0 Å². The Bertz CT molecular complexity index is 1440. The smallest absolute Gasteiger partial charge is 0.185 e. The second-order valence-corrected chi connectivity index (χ2v) is 7.57. The number of aromatic nitrogens is 8. The quantitative estimate of drug-likeness (QED) is 0.378. The minimum Gasteiger partial charge on any atom is -0.303 e. The van der Waals surface area contributed by atoms with Crippen molar-refractivity contribution >= 4 is 28.5 Å². The van der Waals surface area contributed by atoms with Crippen LogP contribution in [-0.2, 0) is 13.0 Å². The van der Waals surface area contributed by atoms with E-state index < -0.39 is 5.82 Å². The summed E-state index contributed by atoms with van der Waals surface area (Å²) < 4.78 is 19.1. The van der Waals surface area contributed by atoms with Gasteiger partial charge >= 0.3 is 0 Å². The Morgan fingerprint density at radius 1 is 1.26 bits per heavy atom. The first-order valence-corrected chi connectivity index (χ1v) is 9.90. The molecule has 5 heterocycles. The van der Waals surface area contributed by atoms with E-state index >= 15 is 0 Å². The van der Waals surface area contributed by atoms with E-state index in [0.717, 1.165) is 16.9 Å². The lowest BCUT2D eigenvalue weighted by Crippen LogP contribution is -2.03. The van der Waals surface area contributed by atoms with Gasteiger partial charge in [0.15, 0.2) is 17.2 Å². The summed E-state index contributed by atoms with van der Waals surface area (Å²) >= 11 is 5.86. The lowest BCUT2D eigenvalue weighted by molar-refractivity contribution is 0.0977. The van der Waals surface area contributed by atoms with Crippen molar-refractivity contribution in [3.05, 3.63) is 76.7 Å². The van der Waals surface area contributed by atoms with Gasteiger partial charge in [-0.15, -0.1) is 5.10 Å². The maximum atomic E-state index is 14.3. The topological polar surface area (TPSA) is 95.3 Å². The normalized spacial score (nSPS) is 11.6. The van der Waals surface area contributed by atoms with Crippen LogP contribution in [0.4, 0.5) is 4.39 Å². The fourth-order valence-electron chi connectivity index (χ4n) is 3.44. The van der Waals surface area contributed by atoms with Gasteiger partial charge in [0.1, 0.15) is 11.2 Å². The first-order chi connectivity index (χ1) is 15.0. The molecule has 31 heavy (non-hydrogen) atoms. The van der Waals surface area contributed by atoms with E-state index in [1.807, 2.05) is 19.2 Å². The maximum absolute atomic E-state index is 14.3. The number of hydrogen-bond acceptors (Lipinski definition) is 6. The number of hydrogen-bond donors (Lipinski definition) is 0. The minimum absolute atomic E-state index is 0.0147. The highest BCUT2D eigenvalue weighted by Crippen LogP contribution is 2.22. The predicted molar refractivity (Wildman–Crippen MR) is 110 cm³/mol. The summed E-state index contributed by atoms with van der Waals surface area (Å²) in [5, 5.41) is 12.2. The monoisotopic (exact) mass is 438 g/mol. The Morgan fingerprint density at radius 2 is 2.13 bits per heavy atom. The number of carbonyl (C=O) groups excluding carboxylic acids is 1. The van der Waals surface area contributed by atoms with Crippen molar-refractivity contribution in [1.82, 2.24) is 39.0 Å². The molecule has 0 bridgehead atoms. The second-order valence-electron chi connectivity index (χ2n) is 7.16. The molecule has 9 nitrogen and oxygen atoms in total. The average Bonchev–Trinajstić information content (AvgIpc) is 3.48. The molecule has 0 fully saturated rings. The highest BCUT2D eigenvalue weighted by Gasteiger charge is 2.17. The number of pyridine rings is 1. The molecule has 0 saturated carbocycles. The number of imidazole rings is 2. The van der Waals surface area contributed by atoms with Gasteiger partial charge in [0.05, 0.1) is 41.7 Å². The molecule has 0 spiro atoms. The molecular formula is C20H16ClFN8O. The summed E-state index contributed by atoms with van der Waals surface area (Å²) in [6.45, 7) is 2.32. The molecule has 0 unspecified atom stereocenters. The Labute approximate surface area is 180 Å². The van der Waals surface area contributed by atoms with Gasteiger partial charge in [-0.1, -0.05) is 16.8 Å². The number of ketones is 1. The number of halogens is 2. The molecule has 0 atom stereocenters. The van der Waals surface area contributed by atoms with Crippen LogP contribution in [0.1, 0.15) is 33.9 Å². The number of rotatable bonds is 6. The first-order valence-electron chi connectivity index (χ1n) is 9.52. The van der Waals surface area contributed by atoms with Gasteiger partial charge in [0.25, 0.3) is 0 Å². The molecule has 0 aromatic carbocycles. The van der Waals surface area contributed by atoms with Gasteiger partial charge in [-0.3, -0.25) is 4.79 Å². The summed E-state index contributed by atoms with van der Waals surface area (Å²) in [5.41, 5.74) is 3.52. The van der Waals surface area contributed by atoms with E-state index in [9.17, 15) is 9.18 Å². The van der Waals surface area contributed by atoms with E-state index in [4.69, 9.17) is 11.6 Å². The van der Waals surface area contributed by atoms with Crippen molar-refractivity contribution in [2.24, 2.45) is 0 Å². The van der Waals surface area contributed by atoms with Crippen LogP contribution in [0, 0.1) is 12.7 Å². The van der Waals surface area contributed by atoms with Crippen LogP contribution >= 0.6 is 11.6 Å². The molecule has 0 aliphatic heterocycles. The fraction of sp³-hybridized carbons (Fsp3) is 0.200. The fourth-order valence-corrected chi connectivity index (χ4v) is 3.59. The highest BCUT2D eigenvalue weighted by molar-refractivity contribution is 6.31. The summed E-state index contributed by atoms with van der Waals surface area (Å²) in [4.78, 5) is 21.3. The Balaban J connectivity index is 1.29. The number of carbonyl (C=O) groups is 1. The van der Waals surface area contributed by atoms with Crippen LogP contribution < -0.4 is 0 Å². The van der Waals surface area contributed by atoms with E-state index in [-0.39, 0.29) is 34.9 Å². The molecule has 0 N–H and O–H groups in total. The number of Topliss-reactive ketones (excluding diaryl/α,β-unsaturated/α-hetero) is 1. The van der Waals surface area contributed by atoms with E-state index in [1.165, 1.54) is 12.4 Å². The highest BCUT2D eigenvalue weighted by atomic mass is 35.5. The average molecular weight is 439 g/mol. The van der Waals surface area contributed by atoms with Gasteiger partial charge in [0.2, 0.25) is 0 Å². The van der Waals surface area contributed by atoms with E-state index in [0.29, 0.717) is 12.2 Å². The van der Waals surface area contributed by atoms with Gasteiger partial charge in [-0.25, -0.2) is 23.6 Å². The third-order valence-electron chi connectivity index (χ3n) is 5.01. The minimum atomic E-state index is -0.549. The lowest BCUT2D eigenvalue weighted by atomic mass is 10.1. The summed E-state index contributed by atoms with van der Waals surface area (Å²) in [6.07, 6.45) is 8.61. The first kappa shape index (κ1) is 19.3. The Kier molecular flexibility index (Phi) is 4.70. The van der Waals surface area contributed by atoms with Crippen LogP contribution in [0.5, 0.6) is 0 Å². The summed E-state index contributed by atoms with van der Waals surface area (Å²) in [5.74, 6) is -0.755. The van der Waals surface area contributed by atoms with E-state index in [2.05, 4.69) is 25.4 Å². The van der Waals surface area contributed by atoms with Crippen LogP contribution in [0.25, 0.3) is 11.2 Å². The standard InChI is InChI=1S/C20H16ClFN8O/c1-12-4-6-24-30-9-13(25-20(12)30)8-29-10-16(26-27-29)17(31)3-2-15-19-18(22)14(21)5-7-28(19)11-23-15/h4-7,9-11H,2-3,8H2,1H3. The molecule has 0 aliphatic rings. The Morgan fingerprint density at radius 3 is 2.97 bits per heavy atom. The molecule has 0 saturated heterocycles. The van der Waals surface area contributed by atoms with Crippen molar-refractivity contribution in [3.63, 3.8) is 0 Å². The molecule has 5 aromatic heterocycles. The zero-order valence-corrected chi connectivity index (χ0v) is 17.2. The second kappa shape index (κ2) is 7.55. The van der Waals surface area contributed by atoms with Gasteiger partial charge in [-0.05, 0) is 31.0 Å². The summed E-state index contributed by atoms with van der Waals surface area (Å²) in [7, 11) is 0. The molecule has 5 rings (SSSR count). The predicted octanol–water partition coefficient (Wildman–Crippen LogP) is 2.93. The van der Waals surface area contributed by atoms with Crippen LogP contribution in [-0.4, -0.2) is 44.8 Å². The summed E-state index contributed by atoms with van der Waals surface area (Å²) in [6, 6.07) is 3.35. The van der Waals surface area contributed by atoms with Crippen molar-refractivity contribution in [1.29, 1.82) is 0 Å². The van der Waals surface area contributed by atoms with Gasteiger partial charge < -0.3 is 4.40 Å². The Hall–Kier alpha value is -3.66. The molecule has 0 amide bonds. The van der Waals surface area contributed by atoms with Crippen LogP contribution in [0.15, 0.2) is 43.2 Å². The zero-order chi connectivity index (χ0) is 21.5. The van der Waals surface area contributed by atoms with Gasteiger partial charge in [0, 0.05) is 18.8 Å². The van der Waals surface area contributed by atoms with Gasteiger partial charge in [-0.2, -0.15) is 5.10 Å². The van der Waals surface area contributed by atoms with E-state index in [1.54, 1.807) is 32.2 Å². The number of fused-ring (bicyclic) bond motifs is 2. The largest absolute Gasteiger partial charge is 0.303 e. The van der Waals surface area contributed by atoms with Crippen molar-refractivity contribution < 1.29 is 9.18 Å². The number of nitrogens with zero attached hydrogens (tertiary/aromatic N) is 8. The van der Waals surface area contributed by atoms with Crippen molar-refractivity contribution in [2.75, 3.05) is 0 Å². The maximum Gasteiger partial charge on any atom is 0.185 e. The SMILES string of the molecule is Cc1ccnn2cc(Cn3cc(C(=O)CCc4ncn5ccc(Cl)c(F)c45)nn3)nc12. The van der Waals surface area contributed by atoms with Crippen molar-refractivity contribution in [3.8, 4) is 0 Å². The molecule has 5 aromatic rings. The third-order valence-corrected chi connectivity index (χ3v) is 5.30. The molecule has 0 aliphatic carbocycles. The number of aryl methyl sites for hydroxylation is 2. The zero-order valence-electron chi connectivity index (χ0n) is 16.4.